The van der Waals surface area contributed by atoms with Gasteiger partial charge in [-0.1, -0.05) is 23.7 Å². The number of rotatable bonds is 4. The number of benzene rings is 3. The number of amides is 1. The van der Waals surface area contributed by atoms with Crippen LogP contribution in [0.15, 0.2) is 71.2 Å². The van der Waals surface area contributed by atoms with E-state index in [-0.39, 0.29) is 17.2 Å². The fourth-order valence-electron chi connectivity index (χ4n) is 2.27. The van der Waals surface area contributed by atoms with E-state index < -0.39 is 11.8 Å². The summed E-state index contributed by atoms with van der Waals surface area (Å²) in [7, 11) is 0. The van der Waals surface area contributed by atoms with Gasteiger partial charge in [-0.15, -0.1) is 0 Å². The molecule has 27 heavy (non-hydrogen) atoms. The Balaban J connectivity index is 1.68. The average Bonchev–Trinajstić information content (AvgIpc) is 2.65. The number of esters is 1. The van der Waals surface area contributed by atoms with Crippen molar-refractivity contribution in [3.05, 3.63) is 93.2 Å². The highest BCUT2D eigenvalue weighted by Gasteiger charge is 2.14. The molecule has 0 bridgehead atoms. The van der Waals surface area contributed by atoms with Crippen LogP contribution in [0, 0.1) is 5.82 Å². The highest BCUT2D eigenvalue weighted by molar-refractivity contribution is 9.10. The molecule has 0 atom stereocenters. The van der Waals surface area contributed by atoms with Gasteiger partial charge in [-0.25, -0.2) is 9.18 Å². The van der Waals surface area contributed by atoms with E-state index in [9.17, 15) is 14.0 Å². The first-order chi connectivity index (χ1) is 12.9. The Morgan fingerprint density at radius 2 is 1.67 bits per heavy atom. The van der Waals surface area contributed by atoms with Crippen LogP contribution in [0.25, 0.3) is 0 Å². The maximum atomic E-state index is 13.3. The molecule has 3 aromatic carbocycles. The number of hydrogen-bond acceptors (Lipinski definition) is 3. The van der Waals surface area contributed by atoms with Gasteiger partial charge in [0.2, 0.25) is 0 Å². The standard InChI is InChI=1S/C20H12BrClFNO3/c21-17-10-5-12(23)11-16(17)20(26)27-14-8-6-13(7-9-14)24-19(25)15-3-1-2-4-18(15)22/h1-11H,(H,24,25). The Morgan fingerprint density at radius 1 is 0.963 bits per heavy atom. The van der Waals surface area contributed by atoms with Crippen molar-refractivity contribution in [1.82, 2.24) is 0 Å². The first-order valence-corrected chi connectivity index (χ1v) is 8.94. The van der Waals surface area contributed by atoms with Crippen molar-refractivity contribution in [2.24, 2.45) is 0 Å². The second kappa shape index (κ2) is 8.33. The molecular formula is C20H12BrClFNO3. The zero-order chi connectivity index (χ0) is 19.4. The van der Waals surface area contributed by atoms with E-state index in [1.54, 1.807) is 36.4 Å². The molecule has 0 aliphatic heterocycles. The minimum absolute atomic E-state index is 0.0751. The molecule has 0 saturated heterocycles. The topological polar surface area (TPSA) is 55.4 Å². The smallest absolute Gasteiger partial charge is 0.344 e. The van der Waals surface area contributed by atoms with Crippen LogP contribution >= 0.6 is 27.5 Å². The van der Waals surface area contributed by atoms with Crippen molar-refractivity contribution in [1.29, 1.82) is 0 Å². The van der Waals surface area contributed by atoms with E-state index in [2.05, 4.69) is 21.2 Å². The van der Waals surface area contributed by atoms with Crippen LogP contribution < -0.4 is 10.1 Å². The fourth-order valence-corrected chi connectivity index (χ4v) is 2.90. The van der Waals surface area contributed by atoms with E-state index in [1.165, 1.54) is 24.3 Å². The summed E-state index contributed by atoms with van der Waals surface area (Å²) in [5, 5.41) is 3.06. The van der Waals surface area contributed by atoms with Gasteiger partial charge >= 0.3 is 5.97 Å². The quantitative estimate of drug-likeness (QED) is 0.411. The zero-order valence-corrected chi connectivity index (χ0v) is 16.1. The summed E-state index contributed by atoms with van der Waals surface area (Å²) in [5.41, 5.74) is 0.934. The van der Waals surface area contributed by atoms with Crippen LogP contribution in [0.3, 0.4) is 0 Å². The van der Waals surface area contributed by atoms with Crippen LogP contribution in [0.1, 0.15) is 20.7 Å². The average molecular weight is 449 g/mol. The summed E-state index contributed by atoms with van der Waals surface area (Å²) in [4.78, 5) is 24.4. The molecule has 3 rings (SSSR count). The minimum Gasteiger partial charge on any atom is -0.423 e. The summed E-state index contributed by atoms with van der Waals surface area (Å²) >= 11 is 9.19. The molecule has 0 radical (unpaired) electrons. The molecule has 0 saturated carbocycles. The molecule has 0 heterocycles. The number of nitrogens with one attached hydrogen (secondary N) is 1. The number of anilines is 1. The first kappa shape index (κ1) is 19.1. The maximum absolute atomic E-state index is 13.3. The van der Waals surface area contributed by atoms with E-state index >= 15 is 0 Å². The Morgan fingerprint density at radius 3 is 2.37 bits per heavy atom. The first-order valence-electron chi connectivity index (χ1n) is 7.77. The molecule has 4 nitrogen and oxygen atoms in total. The van der Waals surface area contributed by atoms with Crippen molar-refractivity contribution in [2.75, 3.05) is 5.32 Å². The van der Waals surface area contributed by atoms with Crippen molar-refractivity contribution in [2.45, 2.75) is 0 Å². The summed E-state index contributed by atoms with van der Waals surface area (Å²) in [6, 6.07) is 16.7. The lowest BCUT2D eigenvalue weighted by Gasteiger charge is -2.09. The summed E-state index contributed by atoms with van der Waals surface area (Å²) in [6.45, 7) is 0. The van der Waals surface area contributed by atoms with Crippen molar-refractivity contribution in [3.63, 3.8) is 0 Å². The van der Waals surface area contributed by atoms with Gasteiger partial charge in [-0.05, 0) is 70.5 Å². The van der Waals surface area contributed by atoms with Gasteiger partial charge in [0.15, 0.2) is 0 Å². The number of hydrogen-bond donors (Lipinski definition) is 1. The number of halogens is 3. The zero-order valence-electron chi connectivity index (χ0n) is 13.7. The van der Waals surface area contributed by atoms with Gasteiger partial charge in [-0.3, -0.25) is 4.79 Å². The van der Waals surface area contributed by atoms with Gasteiger partial charge in [0.25, 0.3) is 5.91 Å². The molecule has 0 aliphatic carbocycles. The largest absolute Gasteiger partial charge is 0.423 e. The van der Waals surface area contributed by atoms with Crippen molar-refractivity contribution >= 4 is 45.1 Å². The minimum atomic E-state index is -0.700. The Labute approximate surface area is 168 Å². The summed E-state index contributed by atoms with van der Waals surface area (Å²) in [6.07, 6.45) is 0. The summed E-state index contributed by atoms with van der Waals surface area (Å²) in [5.74, 6) is -1.34. The lowest BCUT2D eigenvalue weighted by molar-refractivity contribution is 0.0733. The molecule has 0 aromatic heterocycles. The maximum Gasteiger partial charge on any atom is 0.344 e. The van der Waals surface area contributed by atoms with Crippen LogP contribution in [0.4, 0.5) is 10.1 Å². The van der Waals surface area contributed by atoms with E-state index in [1.807, 2.05) is 0 Å². The highest BCUT2D eigenvalue weighted by Crippen LogP contribution is 2.22. The molecule has 0 fully saturated rings. The predicted octanol–water partition coefficient (Wildman–Crippen LogP) is 5.71. The predicted molar refractivity (Wildman–Crippen MR) is 105 cm³/mol. The number of carbonyl (C=O) groups is 2. The lowest BCUT2D eigenvalue weighted by atomic mass is 10.2. The molecule has 136 valence electrons. The lowest BCUT2D eigenvalue weighted by Crippen LogP contribution is -2.12. The molecule has 1 amide bonds. The SMILES string of the molecule is O=C(Nc1ccc(OC(=O)c2cc(F)ccc2Br)cc1)c1ccccc1Cl. The van der Waals surface area contributed by atoms with Crippen molar-refractivity contribution < 1.29 is 18.7 Å². The molecule has 1 N–H and O–H groups in total. The summed E-state index contributed by atoms with van der Waals surface area (Å²) < 4.78 is 19.0. The molecule has 3 aromatic rings. The van der Waals surface area contributed by atoms with Crippen molar-refractivity contribution in [3.8, 4) is 5.75 Å². The second-order valence-corrected chi connectivity index (χ2v) is 6.73. The fraction of sp³-hybridized carbons (Fsp3) is 0. The number of carbonyl (C=O) groups excluding carboxylic acids is 2. The van der Waals surface area contributed by atoms with E-state index in [0.29, 0.717) is 20.7 Å². The third-order valence-corrected chi connectivity index (χ3v) is 4.61. The second-order valence-electron chi connectivity index (χ2n) is 5.47. The van der Waals surface area contributed by atoms with Gasteiger partial charge in [0.1, 0.15) is 11.6 Å². The highest BCUT2D eigenvalue weighted by atomic mass is 79.9. The van der Waals surface area contributed by atoms with Crippen LogP contribution in [-0.2, 0) is 0 Å². The van der Waals surface area contributed by atoms with Gasteiger partial charge in [-0.2, -0.15) is 0 Å². The molecular weight excluding hydrogens is 437 g/mol. The number of ether oxygens (including phenoxy) is 1. The molecule has 0 aliphatic rings. The molecule has 0 spiro atoms. The van der Waals surface area contributed by atoms with Gasteiger partial charge < -0.3 is 10.1 Å². The third kappa shape index (κ3) is 4.72. The van der Waals surface area contributed by atoms with Gasteiger partial charge in [0, 0.05) is 10.2 Å². The van der Waals surface area contributed by atoms with E-state index in [4.69, 9.17) is 16.3 Å². The Kier molecular flexibility index (Phi) is 5.88. The normalized spacial score (nSPS) is 10.3. The Hall–Kier alpha value is -2.70. The van der Waals surface area contributed by atoms with Crippen LogP contribution in [0.2, 0.25) is 5.02 Å². The third-order valence-electron chi connectivity index (χ3n) is 3.59. The monoisotopic (exact) mass is 447 g/mol. The van der Waals surface area contributed by atoms with Crippen LogP contribution in [-0.4, -0.2) is 11.9 Å². The molecule has 7 heteroatoms. The Bertz CT molecular complexity index is 1010. The van der Waals surface area contributed by atoms with Crippen LogP contribution in [0.5, 0.6) is 5.75 Å². The van der Waals surface area contributed by atoms with Gasteiger partial charge in [0.05, 0.1) is 16.1 Å². The van der Waals surface area contributed by atoms with E-state index in [0.717, 1.165) is 6.07 Å². The molecule has 0 unspecified atom stereocenters.